The van der Waals surface area contributed by atoms with E-state index in [0.29, 0.717) is 30.1 Å². The zero-order chi connectivity index (χ0) is 34.7. The second kappa shape index (κ2) is 15.3. The van der Waals surface area contributed by atoms with Gasteiger partial charge in [0.2, 0.25) is 14.2 Å². The van der Waals surface area contributed by atoms with Gasteiger partial charge in [-0.15, -0.1) is 0 Å². The molecule has 4 aliphatic rings. The summed E-state index contributed by atoms with van der Waals surface area (Å²) in [5, 5.41) is 40.0. The summed E-state index contributed by atoms with van der Waals surface area (Å²) in [7, 11) is -4.05. The van der Waals surface area contributed by atoms with Crippen molar-refractivity contribution in [2.45, 2.75) is 116 Å². The number of rotatable bonds is 15. The van der Waals surface area contributed by atoms with Crippen LogP contribution in [0.3, 0.4) is 0 Å². The van der Waals surface area contributed by atoms with E-state index in [0.717, 1.165) is 51.4 Å². The van der Waals surface area contributed by atoms with E-state index in [-0.39, 0.29) is 41.6 Å². The van der Waals surface area contributed by atoms with Crippen LogP contribution in [0.15, 0.2) is 0 Å². The Bertz CT molecular complexity index is 1210. The fourth-order valence-electron chi connectivity index (χ4n) is 10.3. The summed E-state index contributed by atoms with van der Waals surface area (Å²) in [6.07, 6.45) is 5.59. The Balaban J connectivity index is 1.20. The number of carboxylic acid groups (broad SMARTS) is 2. The van der Waals surface area contributed by atoms with Gasteiger partial charge in [-0.3, -0.25) is 23.7 Å². The molecule has 4 fully saturated rings. The molecular formula is C34H55O12P. The van der Waals surface area contributed by atoms with Crippen molar-refractivity contribution < 1.29 is 58.5 Å². The molecule has 5 N–H and O–H groups in total. The van der Waals surface area contributed by atoms with Crippen LogP contribution in [0.4, 0.5) is 0 Å². The largest absolute Gasteiger partial charge is 0.481 e. The molecule has 0 amide bonds. The lowest BCUT2D eigenvalue weighted by atomic mass is 9.43. The molecule has 268 valence electrons. The van der Waals surface area contributed by atoms with Crippen molar-refractivity contribution in [3.8, 4) is 0 Å². The minimum atomic E-state index is -4.05. The average Bonchev–Trinajstić information content (AvgIpc) is 3.36. The number of hydrogen-bond acceptors (Lipinski definition) is 9. The first-order valence-electron chi connectivity index (χ1n) is 17.4. The van der Waals surface area contributed by atoms with Crippen LogP contribution in [0.2, 0.25) is 0 Å². The smallest absolute Gasteiger partial charge is 0.309 e. The molecule has 0 radical (unpaired) electrons. The molecule has 0 aliphatic heterocycles. The summed E-state index contributed by atoms with van der Waals surface area (Å²) in [4.78, 5) is 56.8. The van der Waals surface area contributed by atoms with Gasteiger partial charge in [0.05, 0.1) is 24.5 Å². The topological polar surface area (TPSA) is 205 Å². The van der Waals surface area contributed by atoms with Gasteiger partial charge in [0, 0.05) is 25.2 Å². The minimum absolute atomic E-state index is 0.124. The van der Waals surface area contributed by atoms with Gasteiger partial charge in [0.25, 0.3) is 0 Å². The van der Waals surface area contributed by atoms with Gasteiger partial charge in [-0.25, -0.2) is 0 Å². The van der Waals surface area contributed by atoms with E-state index in [1.54, 1.807) is 0 Å². The van der Waals surface area contributed by atoms with Crippen LogP contribution in [0, 0.1) is 52.3 Å². The lowest BCUT2D eigenvalue weighted by Crippen LogP contribution is -2.58. The van der Waals surface area contributed by atoms with Gasteiger partial charge in [-0.2, -0.15) is 0 Å². The zero-order valence-electron chi connectivity index (χ0n) is 28.1. The van der Waals surface area contributed by atoms with Crippen molar-refractivity contribution in [3.05, 3.63) is 0 Å². The summed E-state index contributed by atoms with van der Waals surface area (Å²) >= 11 is 0. The van der Waals surface area contributed by atoms with E-state index in [1.807, 2.05) is 0 Å². The number of fused-ring (bicyclic) bond motifs is 5. The first-order chi connectivity index (χ1) is 22.0. The molecule has 13 heteroatoms. The zero-order valence-corrected chi connectivity index (χ0v) is 28.9. The number of aliphatic hydroxyl groups excluding tert-OH is 2. The predicted molar refractivity (Wildman–Crippen MR) is 170 cm³/mol. The monoisotopic (exact) mass is 686 g/mol. The summed E-state index contributed by atoms with van der Waals surface area (Å²) in [6.45, 7) is 6.16. The Morgan fingerprint density at radius 3 is 2.21 bits per heavy atom. The van der Waals surface area contributed by atoms with Crippen LogP contribution in [-0.2, 0) is 33.2 Å². The maximum absolute atomic E-state index is 12.5. The Labute approximate surface area is 277 Å². The highest BCUT2D eigenvalue weighted by Gasteiger charge is 2.63. The second-order valence-electron chi connectivity index (χ2n) is 15.5. The van der Waals surface area contributed by atoms with E-state index < -0.39 is 75.2 Å². The summed E-state index contributed by atoms with van der Waals surface area (Å²) in [6, 6.07) is 0. The number of carbonyl (C=O) groups is 4. The number of esters is 2. The van der Waals surface area contributed by atoms with Crippen molar-refractivity contribution in [1.29, 1.82) is 0 Å². The van der Waals surface area contributed by atoms with Gasteiger partial charge in [-0.1, -0.05) is 20.8 Å². The maximum Gasteiger partial charge on any atom is 0.309 e. The Hall–Kier alpha value is -2.01. The fraction of sp³-hybridized carbons (Fsp3) is 0.882. The molecule has 12 atom stereocenters. The molecule has 6 unspecified atom stereocenters. The quantitative estimate of drug-likeness (QED) is 0.0906. The van der Waals surface area contributed by atoms with Gasteiger partial charge in [0.1, 0.15) is 0 Å². The molecule has 4 rings (SSSR count). The van der Waals surface area contributed by atoms with Crippen LogP contribution < -0.4 is 0 Å². The number of carboxylic acids is 2. The third-order valence-corrected chi connectivity index (χ3v) is 14.9. The molecule has 0 aromatic heterocycles. The van der Waals surface area contributed by atoms with E-state index in [4.69, 9.17) is 14.6 Å². The summed E-state index contributed by atoms with van der Waals surface area (Å²) in [5.41, 5.74) is -0.0455. The van der Waals surface area contributed by atoms with Gasteiger partial charge >= 0.3 is 23.9 Å². The van der Waals surface area contributed by atoms with E-state index in [2.05, 4.69) is 20.8 Å². The van der Waals surface area contributed by atoms with Gasteiger partial charge in [-0.05, 0) is 111 Å². The molecule has 0 saturated heterocycles. The Morgan fingerprint density at radius 1 is 0.872 bits per heavy atom. The lowest BCUT2D eigenvalue weighted by Gasteiger charge is -2.62. The Kier molecular flexibility index (Phi) is 12.3. The first-order valence-corrected chi connectivity index (χ1v) is 19.4. The highest BCUT2D eigenvalue weighted by Crippen LogP contribution is 2.68. The van der Waals surface area contributed by atoms with Crippen molar-refractivity contribution in [3.63, 3.8) is 0 Å². The number of ether oxygens (including phenoxy) is 2. The van der Waals surface area contributed by atoms with Crippen LogP contribution in [0.5, 0.6) is 0 Å². The molecule has 0 bridgehead atoms. The second-order valence-corrected chi connectivity index (χ2v) is 18.0. The van der Waals surface area contributed by atoms with Crippen LogP contribution >= 0.6 is 7.37 Å². The molecule has 0 aromatic carbocycles. The fourth-order valence-corrected chi connectivity index (χ4v) is 12.0. The highest BCUT2D eigenvalue weighted by atomic mass is 31.2. The van der Waals surface area contributed by atoms with Crippen molar-refractivity contribution >= 4 is 31.2 Å². The molecule has 4 saturated carbocycles. The van der Waals surface area contributed by atoms with E-state index in [1.165, 1.54) is 0 Å². The Morgan fingerprint density at radius 2 is 1.55 bits per heavy atom. The number of carbonyl (C=O) groups excluding carboxylic acids is 2. The molecular weight excluding hydrogens is 631 g/mol. The molecule has 0 heterocycles. The molecule has 0 aromatic rings. The van der Waals surface area contributed by atoms with Crippen LogP contribution in [0.1, 0.15) is 104 Å². The van der Waals surface area contributed by atoms with Crippen molar-refractivity contribution in [2.75, 3.05) is 19.1 Å². The maximum atomic E-state index is 12.5. The SMILES string of the molecule is C[C@H](CCC(=O)OCOC(=O)CCP(=O)(O)CC(CCC(=O)O)C(=O)O)[C@H]1CCC2C3CCC4C[C@H](O)CC[C@]4(C)C3C[C@H](O)[C@@]21C. The molecule has 4 aliphatic carbocycles. The first kappa shape index (κ1) is 37.8. The molecule has 12 nitrogen and oxygen atoms in total. The standard InChI is InChI=1S/C34H55O12P/c1-20(4-11-30(39)45-19-46-31(40)13-15-47(43,44)18-21(32(41)42)5-10-29(37)38)25-8-9-26-24-7-6-22-16-23(35)12-14-33(22,2)27(24)17-28(36)34(25,26)3/h20-28,35-36H,4-19H2,1-3H3,(H,37,38)(H,41,42)(H,43,44)/t20-,21?,22?,23-,24?,25-,26?,27?,28+,33+,34-/m1/s1. The van der Waals surface area contributed by atoms with E-state index >= 15 is 0 Å². The van der Waals surface area contributed by atoms with Crippen LogP contribution in [-0.4, -0.2) is 80.5 Å². The normalized spacial score (nSPS) is 37.3. The third-order valence-electron chi connectivity index (χ3n) is 13.0. The average molecular weight is 687 g/mol. The lowest BCUT2D eigenvalue weighted by molar-refractivity contribution is -0.175. The number of aliphatic carboxylic acids is 2. The number of hydrogen-bond donors (Lipinski definition) is 5. The molecule has 0 spiro atoms. The predicted octanol–water partition coefficient (Wildman–Crippen LogP) is 4.66. The number of aliphatic hydroxyl groups is 2. The van der Waals surface area contributed by atoms with Crippen molar-refractivity contribution in [2.24, 2.45) is 52.3 Å². The third kappa shape index (κ3) is 8.60. The van der Waals surface area contributed by atoms with Gasteiger partial charge < -0.3 is 34.8 Å². The van der Waals surface area contributed by atoms with Crippen molar-refractivity contribution in [1.82, 2.24) is 0 Å². The van der Waals surface area contributed by atoms with Gasteiger partial charge in [0.15, 0.2) is 0 Å². The molecule has 47 heavy (non-hydrogen) atoms. The van der Waals surface area contributed by atoms with E-state index in [9.17, 15) is 44.0 Å². The highest BCUT2D eigenvalue weighted by molar-refractivity contribution is 7.58. The van der Waals surface area contributed by atoms with Crippen LogP contribution in [0.25, 0.3) is 0 Å². The summed E-state index contributed by atoms with van der Waals surface area (Å²) in [5.74, 6) is -2.87. The summed E-state index contributed by atoms with van der Waals surface area (Å²) < 4.78 is 22.4. The minimum Gasteiger partial charge on any atom is -0.481 e.